The molecule has 0 saturated carbocycles. The van der Waals surface area contributed by atoms with E-state index in [1.807, 2.05) is 43.5 Å². The maximum Gasteiger partial charge on any atom is 0.219 e. The molecule has 106 valence electrons. The predicted molar refractivity (Wildman–Crippen MR) is 85.2 cm³/mol. The number of benzene rings is 1. The largest absolute Gasteiger partial charge is 0.439 e. The molecular weight excluding hydrogens is 316 g/mol. The Morgan fingerprint density at radius 3 is 2.70 bits per heavy atom. The Labute approximate surface area is 128 Å². The monoisotopic (exact) mass is 334 g/mol. The van der Waals surface area contributed by atoms with Crippen molar-refractivity contribution >= 4 is 15.9 Å². The van der Waals surface area contributed by atoms with Gasteiger partial charge in [0.1, 0.15) is 5.75 Å². The van der Waals surface area contributed by atoms with Gasteiger partial charge in [-0.05, 0) is 49.1 Å². The number of rotatable bonds is 5. The Balaban J connectivity index is 2.04. The van der Waals surface area contributed by atoms with E-state index >= 15 is 0 Å². The molecule has 4 heteroatoms. The maximum absolute atomic E-state index is 5.93. The van der Waals surface area contributed by atoms with Crippen molar-refractivity contribution in [3.8, 4) is 11.6 Å². The third-order valence-electron chi connectivity index (χ3n) is 3.17. The van der Waals surface area contributed by atoms with E-state index < -0.39 is 0 Å². The normalized spacial score (nSPS) is 12.2. The van der Waals surface area contributed by atoms with Crippen molar-refractivity contribution in [2.45, 2.75) is 32.7 Å². The van der Waals surface area contributed by atoms with E-state index in [1.54, 1.807) is 0 Å². The van der Waals surface area contributed by atoms with Gasteiger partial charge in [-0.15, -0.1) is 0 Å². The van der Waals surface area contributed by atoms with Crippen molar-refractivity contribution in [1.29, 1.82) is 0 Å². The second-order valence-corrected chi connectivity index (χ2v) is 5.74. The third kappa shape index (κ3) is 4.05. The molecule has 1 heterocycles. The zero-order valence-corrected chi connectivity index (χ0v) is 13.4. The molecule has 1 unspecified atom stereocenters. The topological polar surface area (TPSA) is 48.1 Å². The van der Waals surface area contributed by atoms with Gasteiger partial charge in [0.05, 0.1) is 0 Å². The van der Waals surface area contributed by atoms with Gasteiger partial charge < -0.3 is 10.5 Å². The average molecular weight is 335 g/mol. The van der Waals surface area contributed by atoms with Crippen LogP contribution in [0.25, 0.3) is 0 Å². The lowest BCUT2D eigenvalue weighted by Crippen LogP contribution is -2.21. The first-order valence-electron chi connectivity index (χ1n) is 6.73. The second-order valence-electron chi connectivity index (χ2n) is 4.89. The number of nitrogens with zero attached hydrogens (tertiary/aromatic N) is 1. The van der Waals surface area contributed by atoms with Crippen molar-refractivity contribution in [2.75, 3.05) is 0 Å². The summed E-state index contributed by atoms with van der Waals surface area (Å²) in [6, 6.07) is 9.96. The molecule has 1 aromatic carbocycles. The molecule has 0 spiro atoms. The van der Waals surface area contributed by atoms with Crippen LogP contribution >= 0.6 is 15.9 Å². The molecule has 1 aromatic heterocycles. The average Bonchev–Trinajstić information content (AvgIpc) is 2.45. The number of halogens is 1. The van der Waals surface area contributed by atoms with Crippen LogP contribution in [0, 0.1) is 6.92 Å². The molecule has 20 heavy (non-hydrogen) atoms. The molecule has 3 nitrogen and oxygen atoms in total. The van der Waals surface area contributed by atoms with E-state index in [0.29, 0.717) is 5.88 Å². The molecule has 0 radical (unpaired) electrons. The molecule has 0 aliphatic rings. The molecule has 0 saturated heterocycles. The molecule has 2 N–H and O–H groups in total. The van der Waals surface area contributed by atoms with Crippen LogP contribution in [0.5, 0.6) is 11.6 Å². The molecule has 0 bridgehead atoms. The van der Waals surface area contributed by atoms with Crippen molar-refractivity contribution in [3.63, 3.8) is 0 Å². The van der Waals surface area contributed by atoms with Crippen LogP contribution in [0.1, 0.15) is 24.5 Å². The summed E-state index contributed by atoms with van der Waals surface area (Å²) in [5, 5.41) is 0. The van der Waals surface area contributed by atoms with Gasteiger partial charge in [-0.25, -0.2) is 4.98 Å². The van der Waals surface area contributed by atoms with Gasteiger partial charge in [-0.2, -0.15) is 0 Å². The zero-order chi connectivity index (χ0) is 14.5. The van der Waals surface area contributed by atoms with Crippen molar-refractivity contribution in [2.24, 2.45) is 5.73 Å². The molecule has 0 aliphatic carbocycles. The number of nitrogens with two attached hydrogens (primary N) is 1. The molecule has 0 amide bonds. The number of aryl methyl sites for hydroxylation is 1. The summed E-state index contributed by atoms with van der Waals surface area (Å²) >= 11 is 3.47. The number of ether oxygens (including phenoxy) is 1. The van der Waals surface area contributed by atoms with Crippen LogP contribution in [0.15, 0.2) is 41.0 Å². The highest BCUT2D eigenvalue weighted by Crippen LogP contribution is 2.25. The van der Waals surface area contributed by atoms with E-state index in [4.69, 9.17) is 10.5 Å². The Hall–Kier alpha value is -1.39. The van der Waals surface area contributed by atoms with Crippen molar-refractivity contribution < 1.29 is 4.74 Å². The standard InChI is InChI=1S/C16H19BrN2O/c1-3-13(18)9-12-4-7-16(19-10-12)20-14-5-6-15(17)11(2)8-14/h4-8,10,13H,3,9,18H2,1-2H3. The van der Waals surface area contributed by atoms with Gasteiger partial charge in [0.2, 0.25) is 5.88 Å². The summed E-state index contributed by atoms with van der Waals surface area (Å²) in [5.74, 6) is 1.39. The zero-order valence-electron chi connectivity index (χ0n) is 11.8. The summed E-state index contributed by atoms with van der Waals surface area (Å²) in [6.45, 7) is 4.12. The van der Waals surface area contributed by atoms with Gasteiger partial charge >= 0.3 is 0 Å². The van der Waals surface area contributed by atoms with Gasteiger partial charge in [0, 0.05) is 22.8 Å². The number of hydrogen-bond acceptors (Lipinski definition) is 3. The van der Waals surface area contributed by atoms with Gasteiger partial charge in [0.15, 0.2) is 0 Å². The predicted octanol–water partition coefficient (Wildman–Crippen LogP) is 4.22. The Morgan fingerprint density at radius 1 is 1.30 bits per heavy atom. The Morgan fingerprint density at radius 2 is 2.10 bits per heavy atom. The lowest BCUT2D eigenvalue weighted by molar-refractivity contribution is 0.461. The Bertz CT molecular complexity index is 569. The van der Waals surface area contributed by atoms with E-state index in [2.05, 4.69) is 27.8 Å². The maximum atomic E-state index is 5.93. The van der Waals surface area contributed by atoms with Crippen LogP contribution in [0.4, 0.5) is 0 Å². The highest BCUT2D eigenvalue weighted by Gasteiger charge is 2.04. The molecule has 0 aliphatic heterocycles. The van der Waals surface area contributed by atoms with E-state index in [-0.39, 0.29) is 6.04 Å². The summed E-state index contributed by atoms with van der Waals surface area (Å²) < 4.78 is 6.81. The van der Waals surface area contributed by atoms with Crippen LogP contribution < -0.4 is 10.5 Å². The first-order chi connectivity index (χ1) is 9.58. The van der Waals surface area contributed by atoms with Crippen LogP contribution in [-0.2, 0) is 6.42 Å². The van der Waals surface area contributed by atoms with Crippen molar-refractivity contribution in [1.82, 2.24) is 4.98 Å². The lowest BCUT2D eigenvalue weighted by Gasteiger charge is -2.09. The highest BCUT2D eigenvalue weighted by molar-refractivity contribution is 9.10. The minimum absolute atomic E-state index is 0.192. The third-order valence-corrected chi connectivity index (χ3v) is 4.06. The molecule has 2 rings (SSSR count). The fraction of sp³-hybridized carbons (Fsp3) is 0.312. The van der Waals surface area contributed by atoms with E-state index in [9.17, 15) is 0 Å². The molecule has 0 fully saturated rings. The van der Waals surface area contributed by atoms with Gasteiger partial charge in [-0.3, -0.25) is 0 Å². The van der Waals surface area contributed by atoms with E-state index in [1.165, 1.54) is 0 Å². The fourth-order valence-electron chi connectivity index (χ4n) is 1.84. The van der Waals surface area contributed by atoms with Crippen LogP contribution in [0.2, 0.25) is 0 Å². The number of aromatic nitrogens is 1. The molecular formula is C16H19BrN2O. The lowest BCUT2D eigenvalue weighted by atomic mass is 10.1. The highest BCUT2D eigenvalue weighted by atomic mass is 79.9. The van der Waals surface area contributed by atoms with E-state index in [0.717, 1.165) is 34.2 Å². The fourth-order valence-corrected chi connectivity index (χ4v) is 2.09. The smallest absolute Gasteiger partial charge is 0.219 e. The minimum Gasteiger partial charge on any atom is -0.439 e. The van der Waals surface area contributed by atoms with Crippen molar-refractivity contribution in [3.05, 3.63) is 52.1 Å². The minimum atomic E-state index is 0.192. The summed E-state index contributed by atoms with van der Waals surface area (Å²) in [6.07, 6.45) is 3.65. The second kappa shape index (κ2) is 6.86. The SMILES string of the molecule is CCC(N)Cc1ccc(Oc2ccc(Br)c(C)c2)nc1. The number of pyridine rings is 1. The summed E-state index contributed by atoms with van der Waals surface area (Å²) in [7, 11) is 0. The van der Waals surface area contributed by atoms with Gasteiger partial charge in [0.25, 0.3) is 0 Å². The Kier molecular flexibility index (Phi) is 5.15. The summed E-state index contributed by atoms with van der Waals surface area (Å²) in [5.41, 5.74) is 8.20. The summed E-state index contributed by atoms with van der Waals surface area (Å²) in [4.78, 5) is 4.32. The van der Waals surface area contributed by atoms with Gasteiger partial charge in [-0.1, -0.05) is 28.9 Å². The molecule has 1 atom stereocenters. The first-order valence-corrected chi connectivity index (χ1v) is 7.52. The first kappa shape index (κ1) is 15.0. The molecule has 2 aromatic rings. The van der Waals surface area contributed by atoms with Crippen LogP contribution in [0.3, 0.4) is 0 Å². The van der Waals surface area contributed by atoms with Crippen LogP contribution in [-0.4, -0.2) is 11.0 Å². The quantitative estimate of drug-likeness (QED) is 0.890. The number of hydrogen-bond donors (Lipinski definition) is 1.